The predicted molar refractivity (Wildman–Crippen MR) is 98.4 cm³/mol. The van der Waals surface area contributed by atoms with Crippen molar-refractivity contribution in [2.75, 3.05) is 38.2 Å². The third kappa shape index (κ3) is 3.63. The number of aromatic nitrogens is 2. The molecule has 7 heteroatoms. The van der Waals surface area contributed by atoms with Crippen LogP contribution in [0.2, 0.25) is 0 Å². The molecule has 0 unspecified atom stereocenters. The highest BCUT2D eigenvalue weighted by Gasteiger charge is 2.13. The molecule has 7 nitrogen and oxygen atoms in total. The first-order chi connectivity index (χ1) is 12.7. The number of morpholine rings is 1. The first kappa shape index (κ1) is 16.8. The smallest absolute Gasteiger partial charge is 0.294 e. The second kappa shape index (κ2) is 7.31. The van der Waals surface area contributed by atoms with Crippen molar-refractivity contribution in [1.82, 2.24) is 14.6 Å². The first-order valence-electron chi connectivity index (χ1n) is 8.83. The highest BCUT2D eigenvalue weighted by molar-refractivity contribution is 6.03. The van der Waals surface area contributed by atoms with Crippen LogP contribution in [0.5, 0.6) is 0 Å². The molecule has 0 radical (unpaired) electrons. The number of carbonyl (C=O) groups is 1. The van der Waals surface area contributed by atoms with E-state index in [0.29, 0.717) is 5.69 Å². The van der Waals surface area contributed by atoms with Gasteiger partial charge in [-0.2, -0.15) is 0 Å². The Kier molecular flexibility index (Phi) is 4.73. The Morgan fingerprint density at radius 3 is 2.81 bits per heavy atom. The summed E-state index contributed by atoms with van der Waals surface area (Å²) in [4.78, 5) is 14.6. The summed E-state index contributed by atoms with van der Waals surface area (Å²) < 4.78 is 12.6. The van der Waals surface area contributed by atoms with E-state index in [-0.39, 0.29) is 11.7 Å². The lowest BCUT2D eigenvalue weighted by molar-refractivity contribution is 0.0365. The summed E-state index contributed by atoms with van der Waals surface area (Å²) in [6.07, 6.45) is 2.09. The molecule has 0 bridgehead atoms. The number of nitrogens with zero attached hydrogens (tertiary/aromatic N) is 3. The number of hydrogen-bond acceptors (Lipinski definition) is 5. The molecular weight excluding hydrogens is 332 g/mol. The van der Waals surface area contributed by atoms with Crippen molar-refractivity contribution in [2.24, 2.45) is 0 Å². The number of rotatable bonds is 5. The van der Waals surface area contributed by atoms with Crippen molar-refractivity contribution in [2.45, 2.75) is 13.5 Å². The molecule has 1 aromatic carbocycles. The van der Waals surface area contributed by atoms with Gasteiger partial charge in [-0.25, -0.2) is 0 Å². The lowest BCUT2D eigenvalue weighted by Gasteiger charge is -2.26. The van der Waals surface area contributed by atoms with Gasteiger partial charge >= 0.3 is 0 Å². The maximum atomic E-state index is 12.2. The molecule has 0 atom stereocenters. The van der Waals surface area contributed by atoms with E-state index in [2.05, 4.69) is 32.2 Å². The van der Waals surface area contributed by atoms with Crippen molar-refractivity contribution < 1.29 is 14.1 Å². The van der Waals surface area contributed by atoms with Crippen molar-refractivity contribution in [1.29, 1.82) is 0 Å². The number of ether oxygens (including phenoxy) is 1. The van der Waals surface area contributed by atoms with Gasteiger partial charge in [0.1, 0.15) is 0 Å². The quantitative estimate of drug-likeness (QED) is 0.762. The van der Waals surface area contributed by atoms with Gasteiger partial charge in [0.2, 0.25) is 5.76 Å². The van der Waals surface area contributed by atoms with Crippen molar-refractivity contribution in [3.05, 3.63) is 48.0 Å². The number of nitrogens with one attached hydrogen (secondary N) is 1. The molecule has 1 amide bonds. The van der Waals surface area contributed by atoms with E-state index in [9.17, 15) is 4.79 Å². The number of anilines is 1. The maximum Gasteiger partial charge on any atom is 0.294 e. The lowest BCUT2D eigenvalue weighted by Crippen LogP contribution is -2.38. The van der Waals surface area contributed by atoms with E-state index in [4.69, 9.17) is 9.26 Å². The van der Waals surface area contributed by atoms with Crippen LogP contribution >= 0.6 is 0 Å². The van der Waals surface area contributed by atoms with Gasteiger partial charge in [-0.15, -0.1) is 0 Å². The van der Waals surface area contributed by atoms with Gasteiger partial charge in [0, 0.05) is 55.0 Å². The van der Waals surface area contributed by atoms with Crippen LogP contribution < -0.4 is 5.32 Å². The SMILES string of the molecule is Cc1cc(C(=O)Nc2ccc3c(ccn3CCN3CCOCC3)c2)on1. The molecule has 136 valence electrons. The summed E-state index contributed by atoms with van der Waals surface area (Å²) in [7, 11) is 0. The first-order valence-corrected chi connectivity index (χ1v) is 8.83. The van der Waals surface area contributed by atoms with Crippen molar-refractivity contribution >= 4 is 22.5 Å². The molecule has 1 aliphatic rings. The highest BCUT2D eigenvalue weighted by atomic mass is 16.5. The molecular formula is C19H22N4O3. The van der Waals surface area contributed by atoms with Gasteiger partial charge in [-0.3, -0.25) is 9.69 Å². The van der Waals surface area contributed by atoms with Crippen LogP contribution in [0.3, 0.4) is 0 Å². The zero-order valence-electron chi connectivity index (χ0n) is 14.8. The topological polar surface area (TPSA) is 72.5 Å². The number of fused-ring (bicyclic) bond motifs is 1. The molecule has 4 rings (SSSR count). The van der Waals surface area contributed by atoms with Crippen LogP contribution in [-0.4, -0.2) is 53.4 Å². The van der Waals surface area contributed by atoms with E-state index in [1.165, 1.54) is 0 Å². The van der Waals surface area contributed by atoms with Gasteiger partial charge in [-0.05, 0) is 31.2 Å². The molecule has 2 aromatic heterocycles. The summed E-state index contributed by atoms with van der Waals surface area (Å²) in [5, 5.41) is 7.69. The van der Waals surface area contributed by atoms with Crippen LogP contribution in [0.25, 0.3) is 10.9 Å². The van der Waals surface area contributed by atoms with E-state index >= 15 is 0 Å². The fourth-order valence-electron chi connectivity index (χ4n) is 3.21. The van der Waals surface area contributed by atoms with E-state index in [0.717, 1.165) is 56.0 Å². The molecule has 1 N–H and O–H groups in total. The Labute approximate surface area is 151 Å². The molecule has 1 fully saturated rings. The molecule has 26 heavy (non-hydrogen) atoms. The number of benzene rings is 1. The van der Waals surface area contributed by atoms with Crippen LogP contribution in [-0.2, 0) is 11.3 Å². The normalized spacial score (nSPS) is 15.4. The zero-order valence-corrected chi connectivity index (χ0v) is 14.8. The van der Waals surface area contributed by atoms with Crippen LogP contribution in [0, 0.1) is 6.92 Å². The Morgan fingerprint density at radius 1 is 1.19 bits per heavy atom. The van der Waals surface area contributed by atoms with Gasteiger partial charge in [0.15, 0.2) is 0 Å². The second-order valence-electron chi connectivity index (χ2n) is 6.52. The monoisotopic (exact) mass is 354 g/mol. The van der Waals surface area contributed by atoms with Crippen molar-refractivity contribution in [3.8, 4) is 0 Å². The molecule has 3 aromatic rings. The Morgan fingerprint density at radius 2 is 2.04 bits per heavy atom. The van der Waals surface area contributed by atoms with Crippen LogP contribution in [0.15, 0.2) is 41.1 Å². The Bertz CT molecular complexity index is 909. The van der Waals surface area contributed by atoms with Crippen LogP contribution in [0.4, 0.5) is 5.69 Å². The van der Waals surface area contributed by atoms with Crippen molar-refractivity contribution in [3.63, 3.8) is 0 Å². The maximum absolute atomic E-state index is 12.2. The number of carbonyl (C=O) groups excluding carboxylic acids is 1. The average Bonchev–Trinajstić information content (AvgIpc) is 3.27. The number of hydrogen-bond donors (Lipinski definition) is 1. The Balaban J connectivity index is 1.43. The molecule has 1 saturated heterocycles. The fraction of sp³-hybridized carbons (Fsp3) is 0.368. The third-order valence-corrected chi connectivity index (χ3v) is 4.64. The molecule has 3 heterocycles. The van der Waals surface area contributed by atoms with Gasteiger partial charge in [0.25, 0.3) is 5.91 Å². The summed E-state index contributed by atoms with van der Waals surface area (Å²) in [5.41, 5.74) is 2.58. The minimum atomic E-state index is -0.295. The third-order valence-electron chi connectivity index (χ3n) is 4.64. The van der Waals surface area contributed by atoms with Gasteiger partial charge < -0.3 is 19.1 Å². The predicted octanol–water partition coefficient (Wildman–Crippen LogP) is 2.52. The molecule has 0 aliphatic carbocycles. The highest BCUT2D eigenvalue weighted by Crippen LogP contribution is 2.21. The van der Waals surface area contributed by atoms with Gasteiger partial charge in [0.05, 0.1) is 18.9 Å². The Hall–Kier alpha value is -2.64. The van der Waals surface area contributed by atoms with E-state index < -0.39 is 0 Å². The average molecular weight is 354 g/mol. The van der Waals surface area contributed by atoms with E-state index in [1.807, 2.05) is 18.2 Å². The molecule has 0 saturated carbocycles. The lowest BCUT2D eigenvalue weighted by atomic mass is 10.2. The van der Waals surface area contributed by atoms with Gasteiger partial charge in [-0.1, -0.05) is 5.16 Å². The number of aryl methyl sites for hydroxylation is 1. The summed E-state index contributed by atoms with van der Waals surface area (Å²) >= 11 is 0. The second-order valence-corrected chi connectivity index (χ2v) is 6.52. The summed E-state index contributed by atoms with van der Waals surface area (Å²) in [6, 6.07) is 9.62. The minimum Gasteiger partial charge on any atom is -0.379 e. The number of amides is 1. The molecule has 1 aliphatic heterocycles. The fourth-order valence-corrected chi connectivity index (χ4v) is 3.21. The largest absolute Gasteiger partial charge is 0.379 e. The minimum absolute atomic E-state index is 0.214. The summed E-state index contributed by atoms with van der Waals surface area (Å²) in [5.74, 6) is -0.0811. The summed E-state index contributed by atoms with van der Waals surface area (Å²) in [6.45, 7) is 7.36. The standard InChI is InChI=1S/C19H22N4O3/c1-14-12-18(26-21-14)19(24)20-16-2-3-17-15(13-16)4-5-23(17)7-6-22-8-10-25-11-9-22/h2-5,12-13H,6-11H2,1H3,(H,20,24). The molecule has 0 spiro atoms. The zero-order chi connectivity index (χ0) is 17.9. The van der Waals surface area contributed by atoms with Crippen LogP contribution in [0.1, 0.15) is 16.2 Å². The van der Waals surface area contributed by atoms with E-state index in [1.54, 1.807) is 13.0 Å².